The zero-order valence-electron chi connectivity index (χ0n) is 8.66. The highest BCUT2D eigenvalue weighted by Gasteiger charge is 2.31. The predicted octanol–water partition coefficient (Wildman–Crippen LogP) is 1.68. The van der Waals surface area contributed by atoms with E-state index in [2.05, 4.69) is 4.36 Å². The molecule has 13 heavy (non-hydrogen) atoms. The predicted molar refractivity (Wildman–Crippen MR) is 53.9 cm³/mol. The van der Waals surface area contributed by atoms with Crippen molar-refractivity contribution in [2.24, 2.45) is 15.7 Å². The Morgan fingerprint density at radius 1 is 1.38 bits per heavy atom. The third kappa shape index (κ3) is 2.53. The SMILES string of the molecule is CC1CS(=O)(=NC(=O)C(C)(C)C)C1. The Labute approximate surface area is 80.1 Å². The molecule has 1 heterocycles. The molecule has 76 valence electrons. The van der Waals surface area contributed by atoms with Gasteiger partial charge in [-0.1, -0.05) is 27.7 Å². The fourth-order valence-electron chi connectivity index (χ4n) is 1.20. The van der Waals surface area contributed by atoms with Crippen LogP contribution in [0.25, 0.3) is 0 Å². The first-order valence-corrected chi connectivity index (χ1v) is 6.35. The van der Waals surface area contributed by atoms with Gasteiger partial charge in [-0.15, -0.1) is 0 Å². The summed E-state index contributed by atoms with van der Waals surface area (Å²) >= 11 is 0. The van der Waals surface area contributed by atoms with Gasteiger partial charge in [0.1, 0.15) is 0 Å². The molecule has 1 rings (SSSR count). The first-order chi connectivity index (χ1) is 5.73. The zero-order valence-corrected chi connectivity index (χ0v) is 9.48. The summed E-state index contributed by atoms with van der Waals surface area (Å²) in [5, 5.41) is 0. The van der Waals surface area contributed by atoms with Crippen molar-refractivity contribution in [3.8, 4) is 0 Å². The largest absolute Gasteiger partial charge is 0.271 e. The summed E-state index contributed by atoms with van der Waals surface area (Å²) in [6.07, 6.45) is 0. The van der Waals surface area contributed by atoms with Crippen LogP contribution in [0.4, 0.5) is 0 Å². The number of hydrogen-bond acceptors (Lipinski definition) is 2. The van der Waals surface area contributed by atoms with E-state index >= 15 is 0 Å². The van der Waals surface area contributed by atoms with E-state index < -0.39 is 15.1 Å². The van der Waals surface area contributed by atoms with Crippen LogP contribution in [0.3, 0.4) is 0 Å². The maximum Gasteiger partial charge on any atom is 0.259 e. The summed E-state index contributed by atoms with van der Waals surface area (Å²) in [5.74, 6) is 1.41. The molecule has 0 unspecified atom stereocenters. The molecule has 3 nitrogen and oxygen atoms in total. The lowest BCUT2D eigenvalue weighted by atomic mass is 9.96. The molecule has 0 N–H and O–H groups in total. The number of amides is 1. The lowest BCUT2D eigenvalue weighted by molar-refractivity contribution is -0.124. The molecule has 1 fully saturated rings. The van der Waals surface area contributed by atoms with E-state index in [4.69, 9.17) is 0 Å². The summed E-state index contributed by atoms with van der Waals surface area (Å²) in [6, 6.07) is 0. The molecule has 0 saturated carbocycles. The van der Waals surface area contributed by atoms with E-state index in [0.29, 0.717) is 17.4 Å². The van der Waals surface area contributed by atoms with E-state index in [0.717, 1.165) is 0 Å². The standard InChI is InChI=1S/C9H17NO2S/c1-7-5-13(12,6-7)10-8(11)9(2,3)4/h7H,5-6H2,1-4H3. The second-order valence-electron chi connectivity index (χ2n) is 4.86. The minimum Gasteiger partial charge on any atom is -0.271 e. The van der Waals surface area contributed by atoms with E-state index in [-0.39, 0.29) is 5.91 Å². The summed E-state index contributed by atoms with van der Waals surface area (Å²) in [5.41, 5.74) is -0.497. The highest BCUT2D eigenvalue weighted by molar-refractivity contribution is 7.95. The van der Waals surface area contributed by atoms with Crippen LogP contribution in [0.2, 0.25) is 0 Å². The molecule has 0 spiro atoms. The second-order valence-corrected chi connectivity index (χ2v) is 7.25. The average molecular weight is 203 g/mol. The second kappa shape index (κ2) is 3.08. The number of hydrogen-bond donors (Lipinski definition) is 0. The Morgan fingerprint density at radius 3 is 2.15 bits per heavy atom. The van der Waals surface area contributed by atoms with Gasteiger partial charge in [-0.25, -0.2) is 4.21 Å². The molecular formula is C9H17NO2S. The fourth-order valence-corrected chi connectivity index (χ4v) is 3.61. The average Bonchev–Trinajstić information content (AvgIpc) is 1.81. The normalized spacial score (nSPS) is 33.7. The summed E-state index contributed by atoms with van der Waals surface area (Å²) in [6.45, 7) is 7.41. The summed E-state index contributed by atoms with van der Waals surface area (Å²) in [7, 11) is -2.15. The number of carbonyl (C=O) groups excluding carboxylic acids is 1. The van der Waals surface area contributed by atoms with Gasteiger partial charge in [-0.3, -0.25) is 4.79 Å². The summed E-state index contributed by atoms with van der Waals surface area (Å²) in [4.78, 5) is 11.4. The molecule has 0 aliphatic carbocycles. The van der Waals surface area contributed by atoms with E-state index in [9.17, 15) is 9.00 Å². The molecule has 0 bridgehead atoms. The van der Waals surface area contributed by atoms with Crippen LogP contribution in [0.15, 0.2) is 4.36 Å². The lowest BCUT2D eigenvalue weighted by Crippen LogP contribution is -2.35. The fraction of sp³-hybridized carbons (Fsp3) is 0.889. The molecule has 0 atom stereocenters. The van der Waals surface area contributed by atoms with Gasteiger partial charge in [-0.05, 0) is 5.92 Å². The number of rotatable bonds is 0. The van der Waals surface area contributed by atoms with Crippen LogP contribution in [0.5, 0.6) is 0 Å². The molecule has 1 aliphatic rings. The maximum atomic E-state index is 11.7. The first kappa shape index (κ1) is 10.7. The highest BCUT2D eigenvalue weighted by Crippen LogP contribution is 2.23. The van der Waals surface area contributed by atoms with Gasteiger partial charge in [0.15, 0.2) is 0 Å². The molecule has 4 heteroatoms. The van der Waals surface area contributed by atoms with Crippen molar-refractivity contribution >= 4 is 15.6 Å². The monoisotopic (exact) mass is 203 g/mol. The van der Waals surface area contributed by atoms with Crippen molar-refractivity contribution in [1.82, 2.24) is 0 Å². The van der Waals surface area contributed by atoms with Crippen molar-refractivity contribution in [3.63, 3.8) is 0 Å². The molecule has 0 aromatic heterocycles. The third-order valence-corrected chi connectivity index (χ3v) is 4.66. The van der Waals surface area contributed by atoms with Crippen LogP contribution in [-0.4, -0.2) is 21.6 Å². The van der Waals surface area contributed by atoms with Crippen molar-refractivity contribution in [2.75, 3.05) is 11.5 Å². The Bertz CT molecular complexity index is 320. The van der Waals surface area contributed by atoms with Gasteiger partial charge in [0.05, 0.1) is 9.73 Å². The van der Waals surface area contributed by atoms with Gasteiger partial charge < -0.3 is 0 Å². The topological polar surface area (TPSA) is 46.5 Å². The van der Waals surface area contributed by atoms with E-state index in [1.807, 2.05) is 6.92 Å². The van der Waals surface area contributed by atoms with Gasteiger partial charge in [-0.2, -0.15) is 4.36 Å². The number of carbonyl (C=O) groups is 1. The minimum atomic E-state index is -2.15. The van der Waals surface area contributed by atoms with Crippen molar-refractivity contribution in [1.29, 1.82) is 0 Å². The Kier molecular flexibility index (Phi) is 2.54. The van der Waals surface area contributed by atoms with Gasteiger partial charge >= 0.3 is 0 Å². The lowest BCUT2D eigenvalue weighted by Gasteiger charge is -2.26. The van der Waals surface area contributed by atoms with Gasteiger partial charge in [0, 0.05) is 16.9 Å². The Balaban J connectivity index is 2.79. The third-order valence-electron chi connectivity index (χ3n) is 1.98. The molecule has 0 radical (unpaired) electrons. The smallest absolute Gasteiger partial charge is 0.259 e. The Hall–Kier alpha value is -0.380. The molecule has 1 saturated heterocycles. The van der Waals surface area contributed by atoms with Gasteiger partial charge in [0.25, 0.3) is 5.91 Å². The van der Waals surface area contributed by atoms with Crippen molar-refractivity contribution in [3.05, 3.63) is 0 Å². The van der Waals surface area contributed by atoms with E-state index in [1.165, 1.54) is 0 Å². The van der Waals surface area contributed by atoms with Crippen LogP contribution < -0.4 is 0 Å². The van der Waals surface area contributed by atoms with Crippen LogP contribution in [0.1, 0.15) is 27.7 Å². The zero-order chi connectivity index (χ0) is 10.3. The van der Waals surface area contributed by atoms with Crippen LogP contribution >= 0.6 is 0 Å². The molecule has 0 aromatic carbocycles. The van der Waals surface area contributed by atoms with Crippen molar-refractivity contribution < 1.29 is 9.00 Å². The molecule has 0 aromatic rings. The quantitative estimate of drug-likeness (QED) is 0.601. The molecular weight excluding hydrogens is 186 g/mol. The van der Waals surface area contributed by atoms with Crippen LogP contribution in [-0.2, 0) is 14.5 Å². The molecule has 1 amide bonds. The first-order valence-electron chi connectivity index (χ1n) is 4.50. The Morgan fingerprint density at radius 2 is 1.85 bits per heavy atom. The van der Waals surface area contributed by atoms with Crippen LogP contribution in [0, 0.1) is 11.3 Å². The minimum absolute atomic E-state index is 0.232. The number of nitrogens with zero attached hydrogens (tertiary/aromatic N) is 1. The summed E-state index contributed by atoms with van der Waals surface area (Å²) < 4.78 is 15.5. The van der Waals surface area contributed by atoms with Gasteiger partial charge in [0.2, 0.25) is 0 Å². The maximum absolute atomic E-state index is 11.7. The van der Waals surface area contributed by atoms with Crippen molar-refractivity contribution in [2.45, 2.75) is 27.7 Å². The highest BCUT2D eigenvalue weighted by atomic mass is 32.2. The van der Waals surface area contributed by atoms with E-state index in [1.54, 1.807) is 20.8 Å². The molecule has 1 aliphatic heterocycles.